The molecule has 1 amide bonds. The van der Waals surface area contributed by atoms with Crippen molar-refractivity contribution in [2.45, 2.75) is 31.8 Å². The first-order valence-corrected chi connectivity index (χ1v) is 9.72. The normalized spacial score (nSPS) is 16.7. The molecule has 0 spiro atoms. The maximum atomic E-state index is 12.8. The molecule has 29 heavy (non-hydrogen) atoms. The Bertz CT molecular complexity index is 961. The number of carbonyl (C=O) groups is 1. The molecule has 1 aliphatic rings. The lowest BCUT2D eigenvalue weighted by Crippen LogP contribution is -2.38. The number of ether oxygens (including phenoxy) is 2. The van der Waals surface area contributed by atoms with Crippen molar-refractivity contribution in [1.82, 2.24) is 10.1 Å². The first-order chi connectivity index (χ1) is 14.2. The SMILES string of the molecule is COc1cccc(OC)c1C1CCCC(=O)N1Cc1cc(-c2ccccc2)on1. The fourth-order valence-corrected chi connectivity index (χ4v) is 3.93. The topological polar surface area (TPSA) is 64.8 Å². The van der Waals surface area contributed by atoms with Crippen LogP contribution < -0.4 is 9.47 Å². The van der Waals surface area contributed by atoms with Gasteiger partial charge in [-0.05, 0) is 25.0 Å². The van der Waals surface area contributed by atoms with Crippen LogP contribution in [-0.2, 0) is 11.3 Å². The summed E-state index contributed by atoms with van der Waals surface area (Å²) in [6.07, 6.45) is 2.19. The van der Waals surface area contributed by atoms with Crippen LogP contribution in [-0.4, -0.2) is 30.2 Å². The van der Waals surface area contributed by atoms with Crippen LogP contribution in [0.2, 0.25) is 0 Å². The highest BCUT2D eigenvalue weighted by atomic mass is 16.5. The molecule has 4 rings (SSSR count). The highest BCUT2D eigenvalue weighted by Crippen LogP contribution is 2.42. The van der Waals surface area contributed by atoms with Gasteiger partial charge in [-0.2, -0.15) is 0 Å². The van der Waals surface area contributed by atoms with Gasteiger partial charge >= 0.3 is 0 Å². The Morgan fingerprint density at radius 1 is 1.07 bits per heavy atom. The minimum Gasteiger partial charge on any atom is -0.496 e. The van der Waals surface area contributed by atoms with Crippen LogP contribution in [0.25, 0.3) is 11.3 Å². The summed E-state index contributed by atoms with van der Waals surface area (Å²) in [5, 5.41) is 4.20. The van der Waals surface area contributed by atoms with Crippen LogP contribution in [0.15, 0.2) is 59.1 Å². The molecule has 1 fully saturated rings. The summed E-state index contributed by atoms with van der Waals surface area (Å²) in [4.78, 5) is 14.7. The first-order valence-electron chi connectivity index (χ1n) is 9.72. The lowest BCUT2D eigenvalue weighted by atomic mass is 9.93. The number of piperidine rings is 1. The van der Waals surface area contributed by atoms with Crippen molar-refractivity contribution in [2.24, 2.45) is 0 Å². The van der Waals surface area contributed by atoms with Crippen LogP contribution in [0.5, 0.6) is 11.5 Å². The summed E-state index contributed by atoms with van der Waals surface area (Å²) < 4.78 is 16.7. The maximum Gasteiger partial charge on any atom is 0.223 e. The Morgan fingerprint density at radius 2 is 1.79 bits per heavy atom. The van der Waals surface area contributed by atoms with Gasteiger partial charge in [-0.15, -0.1) is 0 Å². The molecule has 6 nitrogen and oxygen atoms in total. The van der Waals surface area contributed by atoms with Crippen molar-refractivity contribution >= 4 is 5.91 Å². The van der Waals surface area contributed by atoms with E-state index in [1.54, 1.807) is 14.2 Å². The summed E-state index contributed by atoms with van der Waals surface area (Å²) in [5.41, 5.74) is 2.58. The number of benzene rings is 2. The van der Waals surface area contributed by atoms with Crippen LogP contribution in [0.3, 0.4) is 0 Å². The molecule has 1 aliphatic heterocycles. The molecule has 0 bridgehead atoms. The second-order valence-corrected chi connectivity index (χ2v) is 7.05. The van der Waals surface area contributed by atoms with Gasteiger partial charge in [0.25, 0.3) is 0 Å². The van der Waals surface area contributed by atoms with E-state index in [0.717, 1.165) is 41.2 Å². The van der Waals surface area contributed by atoms with Gasteiger partial charge in [0.2, 0.25) is 5.91 Å². The summed E-state index contributed by atoms with van der Waals surface area (Å²) >= 11 is 0. The highest BCUT2D eigenvalue weighted by molar-refractivity contribution is 5.78. The third-order valence-corrected chi connectivity index (χ3v) is 5.31. The molecule has 1 saturated heterocycles. The van der Waals surface area contributed by atoms with E-state index in [1.165, 1.54) is 0 Å². The maximum absolute atomic E-state index is 12.8. The van der Waals surface area contributed by atoms with Gasteiger partial charge in [0.05, 0.1) is 32.4 Å². The van der Waals surface area contributed by atoms with Crippen molar-refractivity contribution in [3.05, 3.63) is 65.9 Å². The van der Waals surface area contributed by atoms with E-state index in [1.807, 2.05) is 59.5 Å². The number of aromatic nitrogens is 1. The molecule has 2 heterocycles. The van der Waals surface area contributed by atoms with Gasteiger partial charge in [-0.3, -0.25) is 4.79 Å². The predicted molar refractivity (Wildman–Crippen MR) is 109 cm³/mol. The van der Waals surface area contributed by atoms with Gasteiger partial charge in [-0.1, -0.05) is 41.6 Å². The summed E-state index contributed by atoms with van der Waals surface area (Å²) in [6, 6.07) is 17.3. The fraction of sp³-hybridized carbons (Fsp3) is 0.304. The van der Waals surface area contributed by atoms with Crippen LogP contribution in [0.4, 0.5) is 0 Å². The number of rotatable bonds is 6. The molecule has 0 aliphatic carbocycles. The number of nitrogens with zero attached hydrogens (tertiary/aromatic N) is 2. The van der Waals surface area contributed by atoms with E-state index in [-0.39, 0.29) is 11.9 Å². The van der Waals surface area contributed by atoms with E-state index in [2.05, 4.69) is 5.16 Å². The Morgan fingerprint density at radius 3 is 2.48 bits per heavy atom. The van der Waals surface area contributed by atoms with Crippen molar-refractivity contribution in [3.8, 4) is 22.8 Å². The molecule has 2 aromatic carbocycles. The minimum atomic E-state index is -0.140. The van der Waals surface area contributed by atoms with Crippen molar-refractivity contribution in [1.29, 1.82) is 0 Å². The van der Waals surface area contributed by atoms with Gasteiger partial charge < -0.3 is 18.9 Å². The second-order valence-electron chi connectivity index (χ2n) is 7.05. The molecule has 0 N–H and O–H groups in total. The largest absolute Gasteiger partial charge is 0.496 e. The van der Waals surface area contributed by atoms with E-state index >= 15 is 0 Å². The number of amides is 1. The molecule has 0 saturated carbocycles. The molecular formula is C23H24N2O4. The van der Waals surface area contributed by atoms with Gasteiger partial charge in [0.1, 0.15) is 17.2 Å². The van der Waals surface area contributed by atoms with Crippen molar-refractivity contribution in [3.63, 3.8) is 0 Å². The number of likely N-dealkylation sites (tertiary alicyclic amines) is 1. The molecule has 1 atom stereocenters. The molecule has 150 valence electrons. The molecule has 6 heteroatoms. The second kappa shape index (κ2) is 8.39. The summed E-state index contributed by atoms with van der Waals surface area (Å²) in [7, 11) is 3.27. The van der Waals surface area contributed by atoms with Gasteiger partial charge in [-0.25, -0.2) is 0 Å². The Hall–Kier alpha value is -3.28. The Balaban J connectivity index is 1.65. The van der Waals surface area contributed by atoms with E-state index in [0.29, 0.717) is 18.7 Å². The zero-order chi connectivity index (χ0) is 20.2. The van der Waals surface area contributed by atoms with E-state index < -0.39 is 0 Å². The molecule has 1 unspecified atom stereocenters. The number of methoxy groups -OCH3 is 2. The van der Waals surface area contributed by atoms with Gasteiger partial charge in [0.15, 0.2) is 5.76 Å². The zero-order valence-electron chi connectivity index (χ0n) is 16.6. The average molecular weight is 392 g/mol. The Kier molecular flexibility index (Phi) is 5.51. The lowest BCUT2D eigenvalue weighted by Gasteiger charge is -2.36. The monoisotopic (exact) mass is 392 g/mol. The third kappa shape index (κ3) is 3.83. The van der Waals surface area contributed by atoms with E-state index in [4.69, 9.17) is 14.0 Å². The van der Waals surface area contributed by atoms with Crippen LogP contribution in [0.1, 0.15) is 36.6 Å². The molecule has 0 radical (unpaired) electrons. The molecular weight excluding hydrogens is 368 g/mol. The standard InChI is InChI=1S/C23H24N2O4/c1-27-19-11-7-12-20(28-2)23(19)18-10-6-13-22(26)25(18)15-17-14-21(29-24-17)16-8-4-3-5-9-16/h3-5,7-9,11-12,14,18H,6,10,13,15H2,1-2H3. The first kappa shape index (κ1) is 19.1. The van der Waals surface area contributed by atoms with Crippen molar-refractivity contribution in [2.75, 3.05) is 14.2 Å². The predicted octanol–water partition coefficient (Wildman–Crippen LogP) is 4.61. The number of hydrogen-bond donors (Lipinski definition) is 0. The summed E-state index contributed by atoms with van der Waals surface area (Å²) in [6.45, 7) is 0.376. The Labute approximate surface area is 170 Å². The fourth-order valence-electron chi connectivity index (χ4n) is 3.93. The zero-order valence-corrected chi connectivity index (χ0v) is 16.6. The van der Waals surface area contributed by atoms with Crippen molar-refractivity contribution < 1.29 is 18.8 Å². The van der Waals surface area contributed by atoms with E-state index in [9.17, 15) is 4.79 Å². The highest BCUT2D eigenvalue weighted by Gasteiger charge is 2.33. The summed E-state index contributed by atoms with van der Waals surface area (Å²) in [5.74, 6) is 2.23. The molecule has 1 aromatic heterocycles. The third-order valence-electron chi connectivity index (χ3n) is 5.31. The lowest BCUT2D eigenvalue weighted by molar-refractivity contribution is -0.137. The smallest absolute Gasteiger partial charge is 0.223 e. The quantitative estimate of drug-likeness (QED) is 0.613. The minimum absolute atomic E-state index is 0.0958. The van der Waals surface area contributed by atoms with Crippen LogP contribution >= 0.6 is 0 Å². The average Bonchev–Trinajstić information content (AvgIpc) is 3.24. The molecule has 3 aromatic rings. The number of carbonyl (C=O) groups excluding carboxylic acids is 1. The number of hydrogen-bond acceptors (Lipinski definition) is 5. The van der Waals surface area contributed by atoms with Gasteiger partial charge in [0, 0.05) is 18.1 Å². The van der Waals surface area contributed by atoms with Crippen LogP contribution in [0, 0.1) is 0 Å².